The van der Waals surface area contributed by atoms with Crippen molar-refractivity contribution in [2.75, 3.05) is 18.5 Å². The number of carbonyl (C=O) groups is 1. The summed E-state index contributed by atoms with van der Waals surface area (Å²) in [5, 5.41) is 9.70. The smallest absolute Gasteiger partial charge is 0.227 e. The quantitative estimate of drug-likeness (QED) is 0.182. The molecule has 0 amide bonds. The van der Waals surface area contributed by atoms with Crippen LogP contribution in [0, 0.1) is 5.41 Å². The van der Waals surface area contributed by atoms with Crippen LogP contribution in [0.4, 0.5) is 5.95 Å². The highest BCUT2D eigenvalue weighted by molar-refractivity contribution is 7.98. The predicted molar refractivity (Wildman–Crippen MR) is 171 cm³/mol. The van der Waals surface area contributed by atoms with Gasteiger partial charge in [0.1, 0.15) is 6.04 Å². The normalized spacial score (nSPS) is 17.2. The summed E-state index contributed by atoms with van der Waals surface area (Å²) in [6.45, 7) is 7.23. The molecule has 1 atom stereocenters. The van der Waals surface area contributed by atoms with Gasteiger partial charge in [-0.25, -0.2) is 4.68 Å². The maximum absolute atomic E-state index is 13.7. The lowest BCUT2D eigenvalue weighted by Crippen LogP contribution is -2.36. The summed E-state index contributed by atoms with van der Waals surface area (Å²) >= 11 is 7.92. The molecule has 2 aliphatic rings. The van der Waals surface area contributed by atoms with E-state index in [2.05, 4.69) is 31.3 Å². The fourth-order valence-electron chi connectivity index (χ4n) is 5.72. The number of nitrogens with zero attached hydrogens (tertiary/aromatic N) is 3. The molecule has 9 heteroatoms. The summed E-state index contributed by atoms with van der Waals surface area (Å²) in [7, 11) is 0. The van der Waals surface area contributed by atoms with E-state index in [9.17, 15) is 4.79 Å². The van der Waals surface area contributed by atoms with Gasteiger partial charge in [-0.2, -0.15) is 4.98 Å². The first kappa shape index (κ1) is 29.3. The Morgan fingerprint density at radius 3 is 2.60 bits per heavy atom. The van der Waals surface area contributed by atoms with E-state index in [1.165, 1.54) is 17.3 Å². The third-order valence-corrected chi connectivity index (χ3v) is 8.96. The third-order valence-electron chi connectivity index (χ3n) is 7.70. The molecule has 1 unspecified atom stereocenters. The molecule has 4 aromatic rings. The van der Waals surface area contributed by atoms with Crippen LogP contribution in [0.5, 0.6) is 11.5 Å². The number of ketones is 1. The van der Waals surface area contributed by atoms with E-state index in [0.29, 0.717) is 48.0 Å². The topological polar surface area (TPSA) is 78.3 Å². The number of aromatic nitrogens is 3. The summed E-state index contributed by atoms with van der Waals surface area (Å²) in [5.41, 5.74) is 4.63. The molecule has 1 aliphatic heterocycles. The molecule has 43 heavy (non-hydrogen) atoms. The van der Waals surface area contributed by atoms with Gasteiger partial charge in [-0.3, -0.25) is 4.79 Å². The number of thioether (sulfide) groups is 1. The number of carbonyl (C=O) groups excluding carboxylic acids is 1. The first-order valence-corrected chi connectivity index (χ1v) is 16.0. The van der Waals surface area contributed by atoms with Crippen LogP contribution in [0.2, 0.25) is 5.02 Å². The van der Waals surface area contributed by atoms with Gasteiger partial charge in [0.25, 0.3) is 0 Å². The minimum absolute atomic E-state index is 0.122. The minimum atomic E-state index is -0.436. The molecule has 1 N–H and O–H groups in total. The fourth-order valence-corrected chi connectivity index (χ4v) is 6.84. The highest BCUT2D eigenvalue weighted by Gasteiger charge is 2.42. The van der Waals surface area contributed by atoms with Crippen molar-refractivity contribution in [3.63, 3.8) is 0 Å². The Hall–Kier alpha value is -3.75. The number of ether oxygens (including phenoxy) is 2. The van der Waals surface area contributed by atoms with Crippen molar-refractivity contribution in [1.29, 1.82) is 0 Å². The molecule has 1 aromatic heterocycles. The minimum Gasteiger partial charge on any atom is -0.490 e. The lowest BCUT2D eigenvalue weighted by atomic mass is 9.73. The van der Waals surface area contributed by atoms with E-state index in [1.807, 2.05) is 72.3 Å². The van der Waals surface area contributed by atoms with Gasteiger partial charge < -0.3 is 14.8 Å². The molecule has 0 bridgehead atoms. The lowest BCUT2D eigenvalue weighted by molar-refractivity contribution is -0.118. The predicted octanol–water partition coefficient (Wildman–Crippen LogP) is 7.90. The van der Waals surface area contributed by atoms with Crippen molar-refractivity contribution in [1.82, 2.24) is 14.8 Å². The van der Waals surface area contributed by atoms with E-state index in [0.717, 1.165) is 40.3 Å². The van der Waals surface area contributed by atoms with Gasteiger partial charge in [-0.1, -0.05) is 91.8 Å². The number of anilines is 1. The Morgan fingerprint density at radius 2 is 1.81 bits per heavy atom. The van der Waals surface area contributed by atoms with Gasteiger partial charge in [-0.15, -0.1) is 5.10 Å². The SMILES string of the molecule is CCOc1cc(C2C3=C(CC(C)(C)CC3=O)Nc3nc(SCc4ccccc4Cl)nn32)ccc1OCCc1ccccc1. The molecule has 3 aromatic carbocycles. The van der Waals surface area contributed by atoms with Gasteiger partial charge in [-0.05, 0) is 53.6 Å². The van der Waals surface area contributed by atoms with Gasteiger partial charge in [0.2, 0.25) is 11.1 Å². The van der Waals surface area contributed by atoms with Crippen LogP contribution in [0.15, 0.2) is 89.2 Å². The van der Waals surface area contributed by atoms with Crippen LogP contribution in [0.3, 0.4) is 0 Å². The number of hydrogen-bond acceptors (Lipinski definition) is 7. The molecular formula is C34H35ClN4O3S. The Labute approximate surface area is 261 Å². The van der Waals surface area contributed by atoms with Crippen molar-refractivity contribution >= 4 is 35.1 Å². The molecule has 7 nitrogen and oxygen atoms in total. The second-order valence-corrected chi connectivity index (χ2v) is 13.0. The highest BCUT2D eigenvalue weighted by Crippen LogP contribution is 2.47. The Balaban J connectivity index is 1.33. The van der Waals surface area contributed by atoms with Gasteiger partial charge in [0.15, 0.2) is 17.3 Å². The van der Waals surface area contributed by atoms with Crippen LogP contribution >= 0.6 is 23.4 Å². The zero-order chi connectivity index (χ0) is 30.0. The molecule has 0 radical (unpaired) electrons. The molecule has 0 saturated heterocycles. The number of fused-ring (bicyclic) bond motifs is 1. The average Bonchev–Trinajstić information content (AvgIpc) is 3.39. The van der Waals surface area contributed by atoms with E-state index >= 15 is 0 Å². The maximum atomic E-state index is 13.7. The second-order valence-electron chi connectivity index (χ2n) is 11.6. The summed E-state index contributed by atoms with van der Waals surface area (Å²) in [4.78, 5) is 18.6. The molecule has 222 valence electrons. The van der Waals surface area contributed by atoms with Crippen molar-refractivity contribution < 1.29 is 14.3 Å². The highest BCUT2D eigenvalue weighted by atomic mass is 35.5. The summed E-state index contributed by atoms with van der Waals surface area (Å²) in [6, 6.07) is 23.5. The number of allylic oxidation sites excluding steroid dienone is 2. The van der Waals surface area contributed by atoms with E-state index in [-0.39, 0.29) is 11.2 Å². The van der Waals surface area contributed by atoms with Crippen LogP contribution in [-0.4, -0.2) is 33.8 Å². The Kier molecular flexibility index (Phi) is 8.50. The number of hydrogen-bond donors (Lipinski definition) is 1. The number of nitrogens with one attached hydrogen (secondary N) is 1. The number of benzene rings is 3. The molecule has 2 heterocycles. The number of rotatable bonds is 10. The van der Waals surface area contributed by atoms with E-state index < -0.39 is 6.04 Å². The van der Waals surface area contributed by atoms with Gasteiger partial charge in [0.05, 0.1) is 13.2 Å². The number of Topliss-reactive ketones (excluding diaryl/α,β-unsaturated/α-hetero) is 1. The van der Waals surface area contributed by atoms with E-state index in [4.69, 9.17) is 31.2 Å². The average molecular weight is 615 g/mol. The molecule has 0 spiro atoms. The van der Waals surface area contributed by atoms with Gasteiger partial charge in [0, 0.05) is 34.9 Å². The van der Waals surface area contributed by atoms with Crippen LogP contribution in [0.25, 0.3) is 0 Å². The Bertz CT molecular complexity index is 1670. The van der Waals surface area contributed by atoms with Crippen molar-refractivity contribution in [2.45, 2.75) is 57.0 Å². The van der Waals surface area contributed by atoms with Crippen molar-refractivity contribution in [3.8, 4) is 11.5 Å². The standard InChI is InChI=1S/C34H35ClN4O3S/c1-4-41-29-18-23(14-15-28(29)42-17-16-22-10-6-5-7-11-22)31-30-26(19-34(2,3)20-27(30)40)36-32-37-33(38-39(31)32)43-21-24-12-8-9-13-25(24)35/h5-15,18,31H,4,16-17,19-21H2,1-3H3,(H,36,37,38). The zero-order valence-corrected chi connectivity index (χ0v) is 26.2. The first-order chi connectivity index (χ1) is 20.8. The molecule has 0 fully saturated rings. The van der Waals surface area contributed by atoms with E-state index in [1.54, 1.807) is 0 Å². The number of halogens is 1. The van der Waals surface area contributed by atoms with Crippen LogP contribution < -0.4 is 14.8 Å². The maximum Gasteiger partial charge on any atom is 0.227 e. The zero-order valence-electron chi connectivity index (χ0n) is 24.6. The third kappa shape index (κ3) is 6.45. The van der Waals surface area contributed by atoms with Crippen molar-refractivity contribution in [2.24, 2.45) is 5.41 Å². The van der Waals surface area contributed by atoms with Gasteiger partial charge >= 0.3 is 0 Å². The fraction of sp³-hybridized carbons (Fsp3) is 0.324. The molecular weight excluding hydrogens is 580 g/mol. The molecule has 6 rings (SSSR count). The van der Waals surface area contributed by atoms with Crippen LogP contribution in [-0.2, 0) is 17.0 Å². The summed E-state index contributed by atoms with van der Waals surface area (Å²) in [5.74, 6) is 2.70. The monoisotopic (exact) mass is 614 g/mol. The summed E-state index contributed by atoms with van der Waals surface area (Å²) in [6.07, 6.45) is 2.01. The van der Waals surface area contributed by atoms with Crippen LogP contribution in [0.1, 0.15) is 56.3 Å². The lowest BCUT2D eigenvalue weighted by Gasteiger charge is -2.38. The Morgan fingerprint density at radius 1 is 1.02 bits per heavy atom. The molecule has 1 aliphatic carbocycles. The molecule has 0 saturated carbocycles. The second kappa shape index (κ2) is 12.5. The first-order valence-electron chi connectivity index (χ1n) is 14.6. The van der Waals surface area contributed by atoms with Crippen molar-refractivity contribution in [3.05, 3.63) is 106 Å². The summed E-state index contributed by atoms with van der Waals surface area (Å²) < 4.78 is 14.1. The largest absolute Gasteiger partial charge is 0.490 e.